The lowest BCUT2D eigenvalue weighted by molar-refractivity contribution is 0.0892. The molecule has 0 spiro atoms. The SMILES string of the molecule is COC[C@@H](NC(=O)c1ccc(-c2nccn2C(C)C)cc1)c1ccnn1C. The zero-order valence-corrected chi connectivity index (χ0v) is 16.1. The fourth-order valence-corrected chi connectivity index (χ4v) is 3.06. The van der Waals surface area contributed by atoms with Gasteiger partial charge >= 0.3 is 0 Å². The lowest BCUT2D eigenvalue weighted by Gasteiger charge is -2.18. The average molecular weight is 367 g/mol. The number of benzene rings is 1. The Hall–Kier alpha value is -2.93. The van der Waals surface area contributed by atoms with Crippen molar-refractivity contribution >= 4 is 5.91 Å². The molecule has 1 atom stereocenters. The summed E-state index contributed by atoms with van der Waals surface area (Å²) in [5.74, 6) is 0.737. The summed E-state index contributed by atoms with van der Waals surface area (Å²) in [6.07, 6.45) is 5.46. The molecule has 1 amide bonds. The van der Waals surface area contributed by atoms with Crippen LogP contribution in [-0.2, 0) is 11.8 Å². The van der Waals surface area contributed by atoms with E-state index >= 15 is 0 Å². The number of hydrogen-bond acceptors (Lipinski definition) is 4. The normalized spacial score (nSPS) is 12.3. The van der Waals surface area contributed by atoms with Gasteiger partial charge in [0.25, 0.3) is 5.91 Å². The third-order valence-corrected chi connectivity index (χ3v) is 4.48. The van der Waals surface area contributed by atoms with Crippen molar-refractivity contribution in [2.45, 2.75) is 25.9 Å². The van der Waals surface area contributed by atoms with Crippen LogP contribution in [0.2, 0.25) is 0 Å². The van der Waals surface area contributed by atoms with Crippen LogP contribution >= 0.6 is 0 Å². The van der Waals surface area contributed by atoms with Gasteiger partial charge in [-0.3, -0.25) is 9.48 Å². The number of ether oxygens (including phenoxy) is 1. The maximum absolute atomic E-state index is 12.7. The summed E-state index contributed by atoms with van der Waals surface area (Å²) in [4.78, 5) is 17.1. The molecule has 2 aromatic heterocycles. The fourth-order valence-electron chi connectivity index (χ4n) is 3.06. The number of imidazole rings is 1. The lowest BCUT2D eigenvalue weighted by atomic mass is 10.1. The minimum Gasteiger partial charge on any atom is -0.382 e. The quantitative estimate of drug-likeness (QED) is 0.697. The van der Waals surface area contributed by atoms with Crippen LogP contribution in [0.1, 0.15) is 42.0 Å². The first-order chi connectivity index (χ1) is 13.0. The fraction of sp³-hybridized carbons (Fsp3) is 0.350. The highest BCUT2D eigenvalue weighted by molar-refractivity contribution is 5.94. The number of amides is 1. The van der Waals surface area contributed by atoms with E-state index < -0.39 is 0 Å². The van der Waals surface area contributed by atoms with Crippen molar-refractivity contribution < 1.29 is 9.53 Å². The van der Waals surface area contributed by atoms with Crippen LogP contribution < -0.4 is 5.32 Å². The first-order valence-electron chi connectivity index (χ1n) is 8.92. The van der Waals surface area contributed by atoms with Crippen LogP contribution in [0.3, 0.4) is 0 Å². The maximum atomic E-state index is 12.7. The van der Waals surface area contributed by atoms with Gasteiger partial charge in [-0.05, 0) is 32.0 Å². The molecule has 27 heavy (non-hydrogen) atoms. The molecule has 0 saturated heterocycles. The molecule has 0 aliphatic heterocycles. The molecule has 0 bridgehead atoms. The van der Waals surface area contributed by atoms with Crippen molar-refractivity contribution in [3.05, 3.63) is 60.2 Å². The van der Waals surface area contributed by atoms with Crippen LogP contribution in [0.5, 0.6) is 0 Å². The Balaban J connectivity index is 1.77. The first-order valence-corrected chi connectivity index (χ1v) is 8.92. The third kappa shape index (κ3) is 4.09. The number of rotatable bonds is 7. The number of carbonyl (C=O) groups excluding carboxylic acids is 1. The second kappa shape index (κ2) is 8.18. The van der Waals surface area contributed by atoms with Gasteiger partial charge in [0, 0.05) is 49.9 Å². The Kier molecular flexibility index (Phi) is 5.71. The number of aryl methyl sites for hydroxylation is 1. The van der Waals surface area contributed by atoms with E-state index in [0.717, 1.165) is 17.1 Å². The molecule has 142 valence electrons. The molecule has 0 aliphatic carbocycles. The summed E-state index contributed by atoms with van der Waals surface area (Å²) in [6, 6.07) is 9.40. The van der Waals surface area contributed by atoms with Crippen molar-refractivity contribution in [1.82, 2.24) is 24.6 Å². The van der Waals surface area contributed by atoms with Gasteiger partial charge in [-0.25, -0.2) is 4.98 Å². The number of nitrogens with zero attached hydrogens (tertiary/aromatic N) is 4. The van der Waals surface area contributed by atoms with Gasteiger partial charge in [-0.1, -0.05) is 12.1 Å². The largest absolute Gasteiger partial charge is 0.382 e. The van der Waals surface area contributed by atoms with Crippen LogP contribution in [0.15, 0.2) is 48.9 Å². The monoisotopic (exact) mass is 367 g/mol. The van der Waals surface area contributed by atoms with Crippen molar-refractivity contribution in [3.8, 4) is 11.4 Å². The number of nitrogens with one attached hydrogen (secondary N) is 1. The highest BCUT2D eigenvalue weighted by atomic mass is 16.5. The van der Waals surface area contributed by atoms with Crippen LogP contribution in [0.25, 0.3) is 11.4 Å². The molecule has 2 heterocycles. The predicted molar refractivity (Wildman–Crippen MR) is 103 cm³/mol. The van der Waals surface area contributed by atoms with Crippen molar-refractivity contribution in [3.63, 3.8) is 0 Å². The Bertz CT molecular complexity index is 895. The second-order valence-corrected chi connectivity index (χ2v) is 6.69. The first kappa shape index (κ1) is 18.8. The van der Waals surface area contributed by atoms with Crippen LogP contribution in [0.4, 0.5) is 0 Å². The zero-order chi connectivity index (χ0) is 19.4. The molecule has 1 aromatic carbocycles. The van der Waals surface area contributed by atoms with E-state index in [2.05, 4.69) is 33.8 Å². The zero-order valence-electron chi connectivity index (χ0n) is 16.1. The minimum atomic E-state index is -0.269. The molecule has 7 nitrogen and oxygen atoms in total. The summed E-state index contributed by atoms with van der Waals surface area (Å²) in [7, 11) is 3.46. The standard InChI is InChI=1S/C20H25N5O2/c1-14(2)25-12-11-21-19(25)15-5-7-16(8-6-15)20(26)23-17(13-27-4)18-9-10-22-24(18)3/h5-12,14,17H,13H2,1-4H3,(H,23,26)/t17-/m1/s1. The van der Waals surface area contributed by atoms with Crippen molar-refractivity contribution in [2.75, 3.05) is 13.7 Å². The molecule has 3 aromatic rings. The van der Waals surface area contributed by atoms with E-state index in [1.165, 1.54) is 0 Å². The van der Waals surface area contributed by atoms with Gasteiger partial charge in [0.15, 0.2) is 0 Å². The molecule has 7 heteroatoms. The highest BCUT2D eigenvalue weighted by Crippen LogP contribution is 2.22. The van der Waals surface area contributed by atoms with E-state index in [1.807, 2.05) is 43.6 Å². The molecule has 0 radical (unpaired) electrons. The Morgan fingerprint density at radius 3 is 2.52 bits per heavy atom. The van der Waals surface area contributed by atoms with Gasteiger partial charge < -0.3 is 14.6 Å². The molecule has 0 fully saturated rings. The van der Waals surface area contributed by atoms with Gasteiger partial charge in [-0.2, -0.15) is 5.10 Å². The number of hydrogen-bond donors (Lipinski definition) is 1. The van der Waals surface area contributed by atoms with E-state index in [0.29, 0.717) is 18.2 Å². The number of aromatic nitrogens is 4. The predicted octanol–water partition coefficient (Wildman–Crippen LogP) is 2.98. The second-order valence-electron chi connectivity index (χ2n) is 6.69. The van der Waals surface area contributed by atoms with E-state index in [-0.39, 0.29) is 11.9 Å². The molecule has 3 rings (SSSR count). The van der Waals surface area contributed by atoms with Gasteiger partial charge in [0.2, 0.25) is 0 Å². The molecule has 0 aliphatic rings. The summed E-state index contributed by atoms with van der Waals surface area (Å²) >= 11 is 0. The summed E-state index contributed by atoms with van der Waals surface area (Å²) in [5, 5.41) is 7.18. The smallest absolute Gasteiger partial charge is 0.251 e. The molecule has 0 saturated carbocycles. The highest BCUT2D eigenvalue weighted by Gasteiger charge is 2.19. The van der Waals surface area contributed by atoms with Crippen LogP contribution in [-0.4, -0.2) is 39.0 Å². The lowest BCUT2D eigenvalue weighted by Crippen LogP contribution is -2.32. The number of carbonyl (C=O) groups is 1. The average Bonchev–Trinajstić information content (AvgIpc) is 3.30. The van der Waals surface area contributed by atoms with E-state index in [1.54, 1.807) is 24.2 Å². The van der Waals surface area contributed by atoms with Gasteiger partial charge in [0.05, 0.1) is 18.3 Å². The topological polar surface area (TPSA) is 74.0 Å². The van der Waals surface area contributed by atoms with E-state index in [4.69, 9.17) is 4.74 Å². The van der Waals surface area contributed by atoms with Gasteiger partial charge in [0.1, 0.15) is 5.82 Å². The summed E-state index contributed by atoms with van der Waals surface area (Å²) < 4.78 is 9.09. The Labute approximate surface area is 159 Å². The molecular formula is C20H25N5O2. The van der Waals surface area contributed by atoms with E-state index in [9.17, 15) is 4.79 Å². The molecule has 0 unspecified atom stereocenters. The Morgan fingerprint density at radius 1 is 1.19 bits per heavy atom. The summed E-state index contributed by atoms with van der Waals surface area (Å²) in [6.45, 7) is 4.60. The maximum Gasteiger partial charge on any atom is 0.251 e. The van der Waals surface area contributed by atoms with Crippen molar-refractivity contribution in [2.24, 2.45) is 7.05 Å². The Morgan fingerprint density at radius 2 is 1.93 bits per heavy atom. The minimum absolute atomic E-state index is 0.156. The molecular weight excluding hydrogens is 342 g/mol. The van der Waals surface area contributed by atoms with Gasteiger partial charge in [-0.15, -0.1) is 0 Å². The third-order valence-electron chi connectivity index (χ3n) is 4.48. The van der Waals surface area contributed by atoms with Crippen LogP contribution in [0, 0.1) is 0 Å². The van der Waals surface area contributed by atoms with Crippen molar-refractivity contribution in [1.29, 1.82) is 0 Å². The molecule has 1 N–H and O–H groups in total. The summed E-state index contributed by atoms with van der Waals surface area (Å²) in [5.41, 5.74) is 2.45. The number of methoxy groups -OCH3 is 1.